The van der Waals surface area contributed by atoms with Crippen LogP contribution in [-0.4, -0.2) is 26.8 Å². The Kier molecular flexibility index (Phi) is 4.64. The molecule has 1 aromatic heterocycles. The Labute approximate surface area is 167 Å². The molecule has 0 saturated heterocycles. The molecule has 0 bridgehead atoms. The van der Waals surface area contributed by atoms with E-state index in [1.807, 2.05) is 56.3 Å². The van der Waals surface area contributed by atoms with Crippen LogP contribution in [0.1, 0.15) is 33.1 Å². The fourth-order valence-electron chi connectivity index (χ4n) is 3.31. The lowest BCUT2D eigenvalue weighted by molar-refractivity contribution is -0.132. The minimum Gasteiger partial charge on any atom is -0.477 e. The van der Waals surface area contributed by atoms with Crippen molar-refractivity contribution in [3.63, 3.8) is 0 Å². The number of nitrogens with zero attached hydrogens (tertiary/aromatic N) is 2. The number of hydrogen-bond donors (Lipinski definition) is 3. The molecule has 3 N–H and O–H groups in total. The quantitative estimate of drug-likeness (QED) is 0.633. The lowest BCUT2D eigenvalue weighted by Crippen LogP contribution is -2.25. The van der Waals surface area contributed by atoms with Gasteiger partial charge in [-0.2, -0.15) is 5.10 Å². The number of carboxylic acids is 1. The fraction of sp³-hybridized carbons (Fsp3) is 0.136. The number of aliphatic carboxylic acids is 1. The summed E-state index contributed by atoms with van der Waals surface area (Å²) in [6.45, 7) is 3.92. The number of benzene rings is 2. The van der Waals surface area contributed by atoms with Gasteiger partial charge in [0.25, 0.3) is 5.91 Å². The van der Waals surface area contributed by atoms with Gasteiger partial charge in [0, 0.05) is 5.69 Å². The number of fused-ring (bicyclic) bond motifs is 1. The van der Waals surface area contributed by atoms with E-state index in [2.05, 4.69) is 15.7 Å². The highest BCUT2D eigenvalue weighted by molar-refractivity contribution is 6.08. The number of carbonyl (C=O) groups excluding carboxylic acids is 1. The van der Waals surface area contributed by atoms with Crippen molar-refractivity contribution < 1.29 is 14.7 Å². The summed E-state index contributed by atoms with van der Waals surface area (Å²) in [4.78, 5) is 24.5. The van der Waals surface area contributed by atoms with E-state index in [9.17, 15) is 14.7 Å². The van der Waals surface area contributed by atoms with Crippen molar-refractivity contribution in [2.24, 2.45) is 0 Å². The van der Waals surface area contributed by atoms with Gasteiger partial charge in [0.05, 0.1) is 12.2 Å². The third-order valence-electron chi connectivity index (χ3n) is 4.81. The van der Waals surface area contributed by atoms with Crippen molar-refractivity contribution in [3.8, 4) is 0 Å². The molecule has 146 valence electrons. The van der Waals surface area contributed by atoms with Crippen LogP contribution >= 0.6 is 0 Å². The van der Waals surface area contributed by atoms with Crippen molar-refractivity contribution in [1.82, 2.24) is 9.78 Å². The molecule has 0 radical (unpaired) electrons. The largest absolute Gasteiger partial charge is 0.477 e. The summed E-state index contributed by atoms with van der Waals surface area (Å²) in [7, 11) is 0. The van der Waals surface area contributed by atoms with Crippen molar-refractivity contribution in [2.45, 2.75) is 19.9 Å². The summed E-state index contributed by atoms with van der Waals surface area (Å²) in [5.41, 5.74) is 3.95. The molecule has 0 fully saturated rings. The van der Waals surface area contributed by atoms with Crippen LogP contribution in [0.4, 0.5) is 11.5 Å². The Hall–Kier alpha value is -3.87. The number of allylic oxidation sites excluding steroid dienone is 1. The summed E-state index contributed by atoms with van der Waals surface area (Å²) >= 11 is 0. The van der Waals surface area contributed by atoms with Gasteiger partial charge in [0.15, 0.2) is 0 Å². The van der Waals surface area contributed by atoms with E-state index in [1.54, 1.807) is 16.8 Å². The van der Waals surface area contributed by atoms with Gasteiger partial charge in [-0.25, -0.2) is 9.48 Å². The first-order valence-corrected chi connectivity index (χ1v) is 9.16. The first-order valence-electron chi connectivity index (χ1n) is 9.16. The number of rotatable bonds is 4. The number of nitrogens with one attached hydrogen (secondary N) is 2. The van der Waals surface area contributed by atoms with E-state index in [0.717, 1.165) is 16.7 Å². The monoisotopic (exact) mass is 388 g/mol. The van der Waals surface area contributed by atoms with Crippen LogP contribution in [0.3, 0.4) is 0 Å². The van der Waals surface area contributed by atoms with E-state index < -0.39 is 12.0 Å². The molecule has 29 heavy (non-hydrogen) atoms. The topological polar surface area (TPSA) is 96.2 Å². The number of anilines is 2. The molecule has 2 heterocycles. The first-order chi connectivity index (χ1) is 13.9. The molecular weight excluding hydrogens is 368 g/mol. The Balaban J connectivity index is 1.72. The summed E-state index contributed by atoms with van der Waals surface area (Å²) in [6, 6.07) is 14.8. The number of carboxylic acid groups (broad SMARTS) is 1. The van der Waals surface area contributed by atoms with E-state index in [1.165, 1.54) is 6.20 Å². The Morgan fingerprint density at radius 3 is 2.55 bits per heavy atom. The molecule has 1 amide bonds. The van der Waals surface area contributed by atoms with Crippen LogP contribution in [0.15, 0.2) is 66.5 Å². The molecule has 0 unspecified atom stereocenters. The molecule has 3 aromatic rings. The zero-order valence-electron chi connectivity index (χ0n) is 16.0. The highest BCUT2D eigenvalue weighted by atomic mass is 16.4. The fourth-order valence-corrected chi connectivity index (χ4v) is 3.31. The number of carbonyl (C=O) groups is 2. The highest BCUT2D eigenvalue weighted by Crippen LogP contribution is 2.32. The lowest BCUT2D eigenvalue weighted by atomic mass is 10.0. The number of aryl methyl sites for hydroxylation is 2. The van der Waals surface area contributed by atoms with E-state index >= 15 is 0 Å². The SMILES string of the molecule is Cc1ccc([C@H]2C=C(C(=O)O)Nc3c(C(=O)Nc4cccc(C)c4)cnn32)cc1. The summed E-state index contributed by atoms with van der Waals surface area (Å²) in [6.07, 6.45) is 3.04. The molecule has 7 heteroatoms. The van der Waals surface area contributed by atoms with Crippen LogP contribution < -0.4 is 10.6 Å². The Morgan fingerprint density at radius 2 is 1.86 bits per heavy atom. The van der Waals surface area contributed by atoms with Gasteiger partial charge < -0.3 is 15.7 Å². The molecule has 0 aliphatic carbocycles. The predicted molar refractivity (Wildman–Crippen MR) is 110 cm³/mol. The Morgan fingerprint density at radius 1 is 1.10 bits per heavy atom. The molecular formula is C22H20N4O3. The molecule has 0 spiro atoms. The van der Waals surface area contributed by atoms with Gasteiger partial charge in [-0.3, -0.25) is 4.79 Å². The third kappa shape index (κ3) is 3.62. The average molecular weight is 388 g/mol. The van der Waals surface area contributed by atoms with E-state index in [0.29, 0.717) is 11.5 Å². The van der Waals surface area contributed by atoms with Crippen LogP contribution in [0.25, 0.3) is 0 Å². The second-order valence-electron chi connectivity index (χ2n) is 7.04. The highest BCUT2D eigenvalue weighted by Gasteiger charge is 2.29. The molecule has 4 rings (SSSR count). The van der Waals surface area contributed by atoms with Crippen LogP contribution in [-0.2, 0) is 4.79 Å². The molecule has 7 nitrogen and oxygen atoms in total. The van der Waals surface area contributed by atoms with Crippen molar-refractivity contribution >= 4 is 23.4 Å². The summed E-state index contributed by atoms with van der Waals surface area (Å²) < 4.78 is 1.63. The van der Waals surface area contributed by atoms with Crippen LogP contribution in [0, 0.1) is 13.8 Å². The maximum Gasteiger partial charge on any atom is 0.352 e. The zero-order chi connectivity index (χ0) is 20.5. The minimum atomic E-state index is -1.10. The van der Waals surface area contributed by atoms with E-state index in [4.69, 9.17) is 0 Å². The molecule has 1 aliphatic rings. The number of amides is 1. The summed E-state index contributed by atoms with van der Waals surface area (Å²) in [5, 5.41) is 19.6. The predicted octanol–water partition coefficient (Wildman–Crippen LogP) is 3.74. The lowest BCUT2D eigenvalue weighted by Gasteiger charge is -2.24. The van der Waals surface area contributed by atoms with Gasteiger partial charge in [-0.1, -0.05) is 42.0 Å². The van der Waals surface area contributed by atoms with Gasteiger partial charge in [0.1, 0.15) is 17.1 Å². The molecule has 0 saturated carbocycles. The van der Waals surface area contributed by atoms with Gasteiger partial charge >= 0.3 is 5.97 Å². The standard InChI is InChI=1S/C22H20N4O3/c1-13-6-8-15(9-7-13)19-11-18(22(28)29)25-20-17(12-23-26(19)20)21(27)24-16-5-3-4-14(2)10-16/h3-12,19,25H,1-2H3,(H,24,27)(H,28,29)/t19-/m1/s1. The molecule has 1 atom stereocenters. The van der Waals surface area contributed by atoms with Crippen molar-refractivity contribution in [1.29, 1.82) is 0 Å². The number of hydrogen-bond acceptors (Lipinski definition) is 4. The third-order valence-corrected chi connectivity index (χ3v) is 4.81. The average Bonchev–Trinajstić information content (AvgIpc) is 3.12. The van der Waals surface area contributed by atoms with Gasteiger partial charge in [0.2, 0.25) is 0 Å². The second kappa shape index (κ2) is 7.27. The minimum absolute atomic E-state index is 0.00757. The van der Waals surface area contributed by atoms with Crippen molar-refractivity contribution in [2.75, 3.05) is 10.6 Å². The molecule has 2 aromatic carbocycles. The Bertz CT molecular complexity index is 1130. The van der Waals surface area contributed by atoms with E-state index in [-0.39, 0.29) is 17.2 Å². The maximum atomic E-state index is 12.9. The van der Waals surface area contributed by atoms with Crippen molar-refractivity contribution in [3.05, 3.63) is 88.8 Å². The normalized spacial score (nSPS) is 15.1. The second-order valence-corrected chi connectivity index (χ2v) is 7.04. The van der Waals surface area contributed by atoms with Crippen LogP contribution in [0.2, 0.25) is 0 Å². The number of aromatic nitrogens is 2. The summed E-state index contributed by atoms with van der Waals surface area (Å²) in [5.74, 6) is -1.11. The van der Waals surface area contributed by atoms with Gasteiger partial charge in [-0.15, -0.1) is 0 Å². The molecule has 1 aliphatic heterocycles. The maximum absolute atomic E-state index is 12.9. The van der Waals surface area contributed by atoms with Gasteiger partial charge in [-0.05, 0) is 43.2 Å². The zero-order valence-corrected chi connectivity index (χ0v) is 16.0. The van der Waals surface area contributed by atoms with Crippen LogP contribution in [0.5, 0.6) is 0 Å². The first kappa shape index (κ1) is 18.5. The smallest absolute Gasteiger partial charge is 0.352 e.